The van der Waals surface area contributed by atoms with Crippen LogP contribution in [0.1, 0.15) is 41.0 Å². The first-order valence-corrected chi connectivity index (χ1v) is 7.70. The van der Waals surface area contributed by atoms with E-state index in [0.29, 0.717) is 19.0 Å². The van der Waals surface area contributed by atoms with E-state index < -0.39 is 6.03 Å². The second-order valence-corrected chi connectivity index (χ2v) is 6.73. The van der Waals surface area contributed by atoms with Crippen LogP contribution in [0.2, 0.25) is 0 Å². The zero-order valence-electron chi connectivity index (χ0n) is 14.2. The predicted octanol–water partition coefficient (Wildman–Crippen LogP) is 1.17. The van der Waals surface area contributed by atoms with Crippen LogP contribution in [0.5, 0.6) is 0 Å². The maximum absolute atomic E-state index is 11.9. The smallest absolute Gasteiger partial charge is 0.321 e. The van der Waals surface area contributed by atoms with Crippen LogP contribution in [0.15, 0.2) is 0 Å². The maximum Gasteiger partial charge on any atom is 0.321 e. The van der Waals surface area contributed by atoms with Gasteiger partial charge >= 0.3 is 6.03 Å². The first-order valence-electron chi connectivity index (χ1n) is 7.70. The van der Waals surface area contributed by atoms with Crippen LogP contribution in [0.3, 0.4) is 0 Å². The Balaban J connectivity index is 4.31. The molecule has 21 heavy (non-hydrogen) atoms. The second kappa shape index (κ2) is 9.73. The first-order chi connectivity index (χ1) is 9.70. The summed E-state index contributed by atoms with van der Waals surface area (Å²) in [5.41, 5.74) is 5.69. The molecule has 4 N–H and O–H groups in total. The van der Waals surface area contributed by atoms with Crippen LogP contribution >= 0.6 is 0 Å². The van der Waals surface area contributed by atoms with E-state index in [1.165, 1.54) is 0 Å². The van der Waals surface area contributed by atoms with Crippen molar-refractivity contribution in [1.29, 1.82) is 0 Å². The fraction of sp³-hybridized carbons (Fsp3) is 0.867. The van der Waals surface area contributed by atoms with Gasteiger partial charge in [0.2, 0.25) is 5.91 Å². The molecule has 0 bridgehead atoms. The molecule has 0 fully saturated rings. The number of carbonyl (C=O) groups excluding carboxylic acids is 2. The third-order valence-corrected chi connectivity index (χ3v) is 3.04. The molecule has 0 aliphatic carbocycles. The van der Waals surface area contributed by atoms with Crippen molar-refractivity contribution in [2.45, 2.75) is 41.0 Å². The number of urea groups is 1. The normalized spacial score (nSPS) is 11.8. The lowest BCUT2D eigenvalue weighted by atomic mass is 9.93. The Morgan fingerprint density at radius 3 is 2.38 bits per heavy atom. The summed E-state index contributed by atoms with van der Waals surface area (Å²) in [4.78, 5) is 25.5. The van der Waals surface area contributed by atoms with Gasteiger partial charge in [-0.05, 0) is 30.8 Å². The van der Waals surface area contributed by atoms with Crippen LogP contribution in [-0.2, 0) is 4.79 Å². The highest BCUT2D eigenvalue weighted by atomic mass is 16.2. The Labute approximate surface area is 128 Å². The van der Waals surface area contributed by atoms with E-state index in [1.54, 1.807) is 0 Å². The maximum atomic E-state index is 11.9. The predicted molar refractivity (Wildman–Crippen MR) is 85.9 cm³/mol. The highest BCUT2D eigenvalue weighted by Gasteiger charge is 2.21. The van der Waals surface area contributed by atoms with Crippen LogP contribution < -0.4 is 16.4 Å². The molecule has 0 unspecified atom stereocenters. The van der Waals surface area contributed by atoms with Crippen LogP contribution in [-0.4, -0.2) is 49.6 Å². The molecule has 0 aromatic heterocycles. The summed E-state index contributed by atoms with van der Waals surface area (Å²) in [6.45, 7) is 13.1. The average molecular weight is 300 g/mol. The van der Waals surface area contributed by atoms with Gasteiger partial charge in [-0.2, -0.15) is 0 Å². The molecule has 0 aliphatic rings. The minimum Gasteiger partial charge on any atom is -0.338 e. The fourth-order valence-corrected chi connectivity index (χ4v) is 1.91. The molecule has 0 atom stereocenters. The van der Waals surface area contributed by atoms with E-state index in [2.05, 4.69) is 31.4 Å². The molecule has 0 saturated heterocycles. The Kier molecular flexibility index (Phi) is 9.21. The van der Waals surface area contributed by atoms with Crippen molar-refractivity contribution in [3.05, 3.63) is 0 Å². The number of hydrogen-bond donors (Lipinski definition) is 3. The summed E-state index contributed by atoms with van der Waals surface area (Å²) in [6.07, 6.45) is 0.952. The van der Waals surface area contributed by atoms with Gasteiger partial charge in [0, 0.05) is 13.1 Å². The molecule has 0 saturated carbocycles. The van der Waals surface area contributed by atoms with E-state index >= 15 is 0 Å². The van der Waals surface area contributed by atoms with Crippen LogP contribution in [0, 0.1) is 11.3 Å². The summed E-state index contributed by atoms with van der Waals surface area (Å²) < 4.78 is 0. The Hall–Kier alpha value is -1.14. The van der Waals surface area contributed by atoms with E-state index in [-0.39, 0.29) is 17.9 Å². The highest BCUT2D eigenvalue weighted by Crippen LogP contribution is 2.14. The van der Waals surface area contributed by atoms with Gasteiger partial charge in [0.15, 0.2) is 0 Å². The van der Waals surface area contributed by atoms with Gasteiger partial charge in [-0.25, -0.2) is 4.79 Å². The quantitative estimate of drug-likeness (QED) is 0.596. The van der Waals surface area contributed by atoms with Crippen molar-refractivity contribution in [2.24, 2.45) is 17.1 Å². The molecule has 0 spiro atoms. The molecule has 124 valence electrons. The lowest BCUT2D eigenvalue weighted by Gasteiger charge is -2.31. The van der Waals surface area contributed by atoms with Crippen molar-refractivity contribution in [2.75, 3.05) is 32.7 Å². The third-order valence-electron chi connectivity index (χ3n) is 3.04. The molecule has 6 nitrogen and oxygen atoms in total. The summed E-state index contributed by atoms with van der Waals surface area (Å²) in [7, 11) is 0. The Morgan fingerprint density at radius 1 is 1.29 bits per heavy atom. The fourth-order valence-electron chi connectivity index (χ4n) is 1.91. The molecule has 0 rings (SSSR count). The molecule has 0 aliphatic heterocycles. The van der Waals surface area contributed by atoms with E-state index in [9.17, 15) is 9.59 Å². The minimum atomic E-state index is -0.428. The van der Waals surface area contributed by atoms with Crippen molar-refractivity contribution in [3.63, 3.8) is 0 Å². The van der Waals surface area contributed by atoms with Crippen LogP contribution in [0.25, 0.3) is 0 Å². The third kappa shape index (κ3) is 10.3. The molecular weight excluding hydrogens is 268 g/mol. The summed E-state index contributed by atoms with van der Waals surface area (Å²) >= 11 is 0. The van der Waals surface area contributed by atoms with Gasteiger partial charge < -0.3 is 11.1 Å². The number of nitrogens with two attached hydrogens (primary N) is 1. The average Bonchev–Trinajstić information content (AvgIpc) is 2.36. The SMILES string of the molecule is CCCN(CC(=O)NC(=O)NCC(C)C)CC(C)(C)CN. The lowest BCUT2D eigenvalue weighted by Crippen LogP contribution is -2.47. The van der Waals surface area contributed by atoms with Gasteiger partial charge in [-0.1, -0.05) is 34.6 Å². The van der Waals surface area contributed by atoms with Gasteiger partial charge in [-0.15, -0.1) is 0 Å². The highest BCUT2D eigenvalue weighted by molar-refractivity contribution is 5.95. The zero-order valence-corrected chi connectivity index (χ0v) is 14.2. The molecule has 0 heterocycles. The summed E-state index contributed by atoms with van der Waals surface area (Å²) in [5.74, 6) is 0.0744. The topological polar surface area (TPSA) is 87.5 Å². The number of amides is 3. The number of nitrogens with zero attached hydrogens (tertiary/aromatic N) is 1. The largest absolute Gasteiger partial charge is 0.338 e. The van der Waals surface area contributed by atoms with Crippen molar-refractivity contribution < 1.29 is 9.59 Å². The molecule has 3 amide bonds. The van der Waals surface area contributed by atoms with Crippen molar-refractivity contribution in [1.82, 2.24) is 15.5 Å². The summed E-state index contributed by atoms with van der Waals surface area (Å²) in [6, 6.07) is -0.428. The van der Waals surface area contributed by atoms with E-state index in [4.69, 9.17) is 5.73 Å². The molecule has 6 heteroatoms. The minimum absolute atomic E-state index is 0.0463. The van der Waals surface area contributed by atoms with Gasteiger partial charge in [0.25, 0.3) is 0 Å². The lowest BCUT2D eigenvalue weighted by molar-refractivity contribution is -0.121. The van der Waals surface area contributed by atoms with E-state index in [1.807, 2.05) is 18.7 Å². The number of nitrogens with one attached hydrogen (secondary N) is 2. The van der Waals surface area contributed by atoms with Crippen molar-refractivity contribution >= 4 is 11.9 Å². The molecule has 0 aromatic rings. The van der Waals surface area contributed by atoms with Crippen LogP contribution in [0.4, 0.5) is 4.79 Å². The van der Waals surface area contributed by atoms with Gasteiger partial charge in [-0.3, -0.25) is 15.0 Å². The Bertz CT molecular complexity index is 330. The first kappa shape index (κ1) is 19.9. The zero-order chi connectivity index (χ0) is 16.5. The van der Waals surface area contributed by atoms with Crippen molar-refractivity contribution in [3.8, 4) is 0 Å². The summed E-state index contributed by atoms with van der Waals surface area (Å²) in [5, 5.41) is 5.03. The number of carbonyl (C=O) groups is 2. The number of hydrogen-bond acceptors (Lipinski definition) is 4. The van der Waals surface area contributed by atoms with E-state index in [0.717, 1.165) is 19.5 Å². The molecule has 0 aromatic carbocycles. The monoisotopic (exact) mass is 300 g/mol. The second-order valence-electron chi connectivity index (χ2n) is 6.73. The number of rotatable bonds is 9. The van der Waals surface area contributed by atoms with Gasteiger partial charge in [0.05, 0.1) is 6.54 Å². The Morgan fingerprint density at radius 2 is 1.90 bits per heavy atom. The standard InChI is InChI=1S/C15H32N4O2/c1-6-7-19(11-15(4,5)10-16)9-13(20)18-14(21)17-8-12(2)3/h12H,6-11,16H2,1-5H3,(H2,17,18,20,21). The van der Waals surface area contributed by atoms with Gasteiger partial charge in [0.1, 0.15) is 0 Å². The number of imide groups is 1. The molecular formula is C15H32N4O2. The molecule has 0 radical (unpaired) electrons.